The quantitative estimate of drug-likeness (QED) is 0.356. The maximum absolute atomic E-state index is 15.1. The van der Waals surface area contributed by atoms with Crippen LogP contribution in [-0.4, -0.2) is 29.6 Å². The molecule has 3 heterocycles. The average Bonchev–Trinajstić information content (AvgIpc) is 3.45. The van der Waals surface area contributed by atoms with E-state index in [2.05, 4.69) is 5.32 Å². The number of carbonyl (C=O) groups excluding carboxylic acids is 3. The van der Waals surface area contributed by atoms with Crippen LogP contribution in [0.3, 0.4) is 0 Å². The Balaban J connectivity index is 1.55. The first kappa shape index (κ1) is 23.3. The third-order valence-electron chi connectivity index (χ3n) is 8.29. The summed E-state index contributed by atoms with van der Waals surface area (Å²) in [6, 6.07) is 27.6. The fraction of sp³-hybridized carbons (Fsp3) is 0.121. The number of carbonyl (C=O) groups is 3. The van der Waals surface area contributed by atoms with Gasteiger partial charge in [-0.05, 0) is 35.4 Å². The fourth-order valence-corrected chi connectivity index (χ4v) is 6.72. The highest BCUT2D eigenvalue weighted by atomic mass is 19.1. The number of nitrogens with zero attached hydrogens (tertiary/aromatic N) is 1. The smallest absolute Gasteiger partial charge is 0.238 e. The molecule has 3 aliphatic rings. The van der Waals surface area contributed by atoms with Crippen LogP contribution in [0, 0.1) is 11.7 Å². The Labute approximate surface area is 224 Å². The SMILES string of the molecule is O=C(c1ccccc1F)[C@@H]1[C@H](C(=O)c2ccccc2)[C@@]2(C(=O)Nc3ccccc32)[C@H]2C=Cc3ccccc3N12. The largest absolute Gasteiger partial charge is 0.352 e. The molecule has 0 bridgehead atoms. The van der Waals surface area contributed by atoms with E-state index in [1.807, 2.05) is 71.6 Å². The molecule has 0 aromatic heterocycles. The number of halogens is 1. The van der Waals surface area contributed by atoms with Crippen LogP contribution in [0.5, 0.6) is 0 Å². The highest BCUT2D eigenvalue weighted by Crippen LogP contribution is 2.58. The maximum atomic E-state index is 15.1. The summed E-state index contributed by atoms with van der Waals surface area (Å²) in [6.45, 7) is 0. The molecule has 7 rings (SSSR count). The van der Waals surface area contributed by atoms with Gasteiger partial charge in [0.15, 0.2) is 11.6 Å². The van der Waals surface area contributed by atoms with Gasteiger partial charge in [-0.1, -0.05) is 91.0 Å². The van der Waals surface area contributed by atoms with E-state index in [4.69, 9.17) is 0 Å². The van der Waals surface area contributed by atoms with Gasteiger partial charge in [-0.15, -0.1) is 0 Å². The average molecular weight is 515 g/mol. The van der Waals surface area contributed by atoms with E-state index < -0.39 is 35.0 Å². The highest BCUT2D eigenvalue weighted by molar-refractivity contribution is 6.18. The molecule has 4 atom stereocenters. The summed E-state index contributed by atoms with van der Waals surface area (Å²) in [5, 5.41) is 3.00. The lowest BCUT2D eigenvalue weighted by Gasteiger charge is -2.37. The van der Waals surface area contributed by atoms with Gasteiger partial charge in [0.25, 0.3) is 0 Å². The summed E-state index contributed by atoms with van der Waals surface area (Å²) in [7, 11) is 0. The zero-order chi connectivity index (χ0) is 26.7. The number of amides is 1. The molecule has 0 saturated carbocycles. The van der Waals surface area contributed by atoms with Crippen molar-refractivity contribution >= 4 is 34.9 Å². The second kappa shape index (κ2) is 8.60. The Kier molecular flexibility index (Phi) is 5.13. The Morgan fingerprint density at radius 3 is 2.31 bits per heavy atom. The summed E-state index contributed by atoms with van der Waals surface area (Å²) in [4.78, 5) is 45.1. The lowest BCUT2D eigenvalue weighted by Crippen LogP contribution is -2.51. The van der Waals surface area contributed by atoms with Crippen molar-refractivity contribution in [2.75, 3.05) is 10.2 Å². The molecule has 1 N–H and O–H groups in total. The number of para-hydroxylation sites is 2. The molecule has 3 aliphatic heterocycles. The van der Waals surface area contributed by atoms with Crippen molar-refractivity contribution in [2.24, 2.45) is 5.92 Å². The Hall–Kier alpha value is -4.84. The molecule has 0 aliphatic carbocycles. The van der Waals surface area contributed by atoms with Crippen molar-refractivity contribution in [3.8, 4) is 0 Å². The van der Waals surface area contributed by atoms with Gasteiger partial charge in [0.2, 0.25) is 5.91 Å². The van der Waals surface area contributed by atoms with Crippen LogP contribution >= 0.6 is 0 Å². The lowest BCUT2D eigenvalue weighted by molar-refractivity contribution is -0.121. The third kappa shape index (κ3) is 3.15. The van der Waals surface area contributed by atoms with Gasteiger partial charge in [0.1, 0.15) is 17.3 Å². The van der Waals surface area contributed by atoms with Gasteiger partial charge in [-0.2, -0.15) is 0 Å². The second-order valence-corrected chi connectivity index (χ2v) is 10.1. The zero-order valence-corrected chi connectivity index (χ0v) is 20.8. The molecule has 4 aromatic rings. The van der Waals surface area contributed by atoms with Crippen LogP contribution in [0.15, 0.2) is 109 Å². The van der Waals surface area contributed by atoms with Crippen LogP contribution in [0.2, 0.25) is 0 Å². The summed E-state index contributed by atoms with van der Waals surface area (Å²) in [5.74, 6) is -3.01. The fourth-order valence-electron chi connectivity index (χ4n) is 6.72. The van der Waals surface area contributed by atoms with E-state index in [-0.39, 0.29) is 17.3 Å². The summed E-state index contributed by atoms with van der Waals surface area (Å²) in [6.07, 6.45) is 3.84. The van der Waals surface area contributed by atoms with Gasteiger partial charge in [-0.3, -0.25) is 14.4 Å². The topological polar surface area (TPSA) is 66.5 Å². The molecule has 0 radical (unpaired) electrons. The predicted molar refractivity (Wildman–Crippen MR) is 147 cm³/mol. The van der Waals surface area contributed by atoms with E-state index in [1.165, 1.54) is 18.2 Å². The second-order valence-electron chi connectivity index (χ2n) is 10.1. The van der Waals surface area contributed by atoms with Crippen LogP contribution in [0.25, 0.3) is 6.08 Å². The molecule has 0 unspecified atom stereocenters. The number of nitrogens with one attached hydrogen (secondary N) is 1. The first-order chi connectivity index (χ1) is 19.0. The monoisotopic (exact) mass is 514 g/mol. The van der Waals surface area contributed by atoms with Crippen LogP contribution in [0.1, 0.15) is 31.8 Å². The summed E-state index contributed by atoms with van der Waals surface area (Å²) >= 11 is 0. The van der Waals surface area contributed by atoms with Crippen molar-refractivity contribution in [3.05, 3.63) is 137 Å². The number of fused-ring (bicyclic) bond motifs is 6. The molecular formula is C33H23FN2O3. The summed E-state index contributed by atoms with van der Waals surface area (Å²) < 4.78 is 15.1. The number of anilines is 2. The van der Waals surface area contributed by atoms with Crippen molar-refractivity contribution in [1.29, 1.82) is 0 Å². The maximum Gasteiger partial charge on any atom is 0.238 e. The minimum atomic E-state index is -1.42. The standard InChI is InChI=1S/C33H23FN2O3/c34-24-15-7-5-13-22(24)31(38)29-28(30(37)21-11-2-1-3-12-21)33(23-14-6-8-16-25(23)35-32(33)39)27-19-18-20-10-4-9-17-26(20)36(27)29/h1-19,27-29H,(H,35,39)/t27-,28-,29+,33+/m1/s1. The third-order valence-corrected chi connectivity index (χ3v) is 8.29. The molecule has 190 valence electrons. The number of rotatable bonds is 4. The number of hydrogen-bond donors (Lipinski definition) is 1. The van der Waals surface area contributed by atoms with E-state index in [0.29, 0.717) is 16.8 Å². The van der Waals surface area contributed by atoms with Crippen molar-refractivity contribution < 1.29 is 18.8 Å². The molecular weight excluding hydrogens is 491 g/mol. The van der Waals surface area contributed by atoms with E-state index in [9.17, 15) is 14.4 Å². The van der Waals surface area contributed by atoms with Gasteiger partial charge in [-0.25, -0.2) is 4.39 Å². The van der Waals surface area contributed by atoms with Crippen molar-refractivity contribution in [3.63, 3.8) is 0 Å². The molecule has 1 amide bonds. The Bertz CT molecular complexity index is 1700. The Morgan fingerprint density at radius 1 is 0.795 bits per heavy atom. The number of Topliss-reactive ketones (excluding diaryl/α,β-unsaturated/α-hetero) is 2. The van der Waals surface area contributed by atoms with E-state index in [1.54, 1.807) is 30.3 Å². The van der Waals surface area contributed by atoms with Crippen LogP contribution < -0.4 is 10.2 Å². The molecule has 5 nitrogen and oxygen atoms in total. The number of hydrogen-bond acceptors (Lipinski definition) is 4. The highest BCUT2D eigenvalue weighted by Gasteiger charge is 2.70. The van der Waals surface area contributed by atoms with Gasteiger partial charge >= 0.3 is 0 Å². The van der Waals surface area contributed by atoms with Gasteiger partial charge < -0.3 is 10.2 Å². The minimum absolute atomic E-state index is 0.108. The van der Waals surface area contributed by atoms with Crippen LogP contribution in [-0.2, 0) is 10.2 Å². The van der Waals surface area contributed by atoms with Crippen LogP contribution in [0.4, 0.5) is 15.8 Å². The minimum Gasteiger partial charge on any atom is -0.352 e. The number of benzene rings is 4. The molecule has 1 fully saturated rings. The van der Waals surface area contributed by atoms with Gasteiger partial charge in [0, 0.05) is 16.9 Å². The first-order valence-electron chi connectivity index (χ1n) is 12.9. The van der Waals surface area contributed by atoms with Gasteiger partial charge in [0.05, 0.1) is 17.5 Å². The van der Waals surface area contributed by atoms with E-state index >= 15 is 4.39 Å². The Morgan fingerprint density at radius 2 is 1.49 bits per heavy atom. The molecule has 1 spiro atoms. The first-order valence-corrected chi connectivity index (χ1v) is 12.9. The van der Waals surface area contributed by atoms with Crippen molar-refractivity contribution in [2.45, 2.75) is 17.5 Å². The predicted octanol–water partition coefficient (Wildman–Crippen LogP) is 5.68. The zero-order valence-electron chi connectivity index (χ0n) is 20.8. The molecule has 1 saturated heterocycles. The normalized spacial score (nSPS) is 24.2. The summed E-state index contributed by atoms with van der Waals surface area (Å²) in [5.41, 5.74) is 1.71. The van der Waals surface area contributed by atoms with Crippen molar-refractivity contribution in [1.82, 2.24) is 0 Å². The molecule has 4 aromatic carbocycles. The van der Waals surface area contributed by atoms with E-state index in [0.717, 1.165) is 11.3 Å². The molecule has 6 heteroatoms. The lowest BCUT2D eigenvalue weighted by atomic mass is 9.64. The number of ketones is 2. The molecule has 39 heavy (non-hydrogen) atoms.